The number of amides is 1. The molecule has 128 valence electrons. The molecule has 6 nitrogen and oxygen atoms in total. The van der Waals surface area contributed by atoms with E-state index in [2.05, 4.69) is 20.2 Å². The summed E-state index contributed by atoms with van der Waals surface area (Å²) in [6, 6.07) is 7.47. The van der Waals surface area contributed by atoms with Gasteiger partial charge in [0.15, 0.2) is 10.8 Å². The molecule has 4 rings (SSSR count). The van der Waals surface area contributed by atoms with Crippen molar-refractivity contribution < 1.29 is 9.21 Å². The van der Waals surface area contributed by atoms with E-state index in [9.17, 15) is 4.79 Å². The van der Waals surface area contributed by atoms with Gasteiger partial charge in [-0.2, -0.15) is 0 Å². The maximum absolute atomic E-state index is 12.5. The summed E-state index contributed by atoms with van der Waals surface area (Å²) in [6.07, 6.45) is 5.71. The highest BCUT2D eigenvalue weighted by Crippen LogP contribution is 2.28. The number of nitrogens with zero attached hydrogens (tertiary/aromatic N) is 3. The molecule has 3 aromatic rings. The Labute approximate surface area is 149 Å². The van der Waals surface area contributed by atoms with E-state index in [1.54, 1.807) is 18.5 Å². The predicted octanol–water partition coefficient (Wildman–Crippen LogP) is 3.96. The van der Waals surface area contributed by atoms with E-state index in [1.807, 2.05) is 25.1 Å². The van der Waals surface area contributed by atoms with Gasteiger partial charge >= 0.3 is 0 Å². The molecule has 0 unspecified atom stereocenters. The minimum absolute atomic E-state index is 0.234. The molecule has 0 radical (unpaired) electrons. The summed E-state index contributed by atoms with van der Waals surface area (Å²) in [6.45, 7) is 3.98. The Balaban J connectivity index is 1.48. The van der Waals surface area contributed by atoms with Crippen molar-refractivity contribution in [3.63, 3.8) is 0 Å². The van der Waals surface area contributed by atoms with Crippen molar-refractivity contribution in [3.8, 4) is 10.8 Å². The second-order valence-electron chi connectivity index (χ2n) is 5.95. The third-order valence-corrected chi connectivity index (χ3v) is 5.16. The Morgan fingerprint density at radius 2 is 2.12 bits per heavy atom. The molecule has 25 heavy (non-hydrogen) atoms. The molecule has 0 atom stereocenters. The van der Waals surface area contributed by atoms with Crippen molar-refractivity contribution in [3.05, 3.63) is 47.3 Å². The Morgan fingerprint density at radius 1 is 1.28 bits per heavy atom. The molecule has 0 aromatic carbocycles. The van der Waals surface area contributed by atoms with Crippen LogP contribution in [0.3, 0.4) is 0 Å². The molecule has 0 aliphatic carbocycles. The SMILES string of the molecule is Cc1sc(-c2ccco2)nc1C(=O)Nc1ccc(N2CCCC2)nc1. The maximum Gasteiger partial charge on any atom is 0.275 e. The number of hydrogen-bond donors (Lipinski definition) is 1. The average molecular weight is 354 g/mol. The van der Waals surface area contributed by atoms with Gasteiger partial charge in [-0.1, -0.05) is 0 Å². The van der Waals surface area contributed by atoms with Crippen LogP contribution >= 0.6 is 11.3 Å². The fraction of sp³-hybridized carbons (Fsp3) is 0.278. The number of anilines is 2. The maximum atomic E-state index is 12.5. The van der Waals surface area contributed by atoms with Gasteiger partial charge in [0.25, 0.3) is 5.91 Å². The summed E-state index contributed by atoms with van der Waals surface area (Å²) in [5, 5.41) is 3.57. The Kier molecular flexibility index (Phi) is 4.23. The highest BCUT2D eigenvalue weighted by atomic mass is 32.1. The summed E-state index contributed by atoms with van der Waals surface area (Å²) >= 11 is 1.44. The first-order valence-corrected chi connectivity index (χ1v) is 9.06. The van der Waals surface area contributed by atoms with Gasteiger partial charge in [0.1, 0.15) is 11.5 Å². The standard InChI is InChI=1S/C18H18N4O2S/c1-12-16(21-18(25-12)14-5-4-10-24-14)17(23)20-13-6-7-15(19-11-13)22-8-2-3-9-22/h4-7,10-11H,2-3,8-9H2,1H3,(H,20,23). The van der Waals surface area contributed by atoms with Crippen molar-refractivity contribution in [2.24, 2.45) is 0 Å². The number of thiazole rings is 1. The number of nitrogens with one attached hydrogen (secondary N) is 1. The van der Waals surface area contributed by atoms with Crippen LogP contribution in [-0.2, 0) is 0 Å². The predicted molar refractivity (Wildman–Crippen MR) is 98.2 cm³/mol. The van der Waals surface area contributed by atoms with Gasteiger partial charge in [0, 0.05) is 18.0 Å². The number of rotatable bonds is 4. The minimum atomic E-state index is -0.234. The number of furan rings is 1. The van der Waals surface area contributed by atoms with E-state index in [-0.39, 0.29) is 5.91 Å². The van der Waals surface area contributed by atoms with Crippen molar-refractivity contribution in [1.82, 2.24) is 9.97 Å². The Hall–Kier alpha value is -2.67. The minimum Gasteiger partial charge on any atom is -0.462 e. The van der Waals surface area contributed by atoms with Gasteiger partial charge in [0.05, 0.1) is 18.1 Å². The van der Waals surface area contributed by atoms with Gasteiger partial charge in [-0.25, -0.2) is 9.97 Å². The summed E-state index contributed by atoms with van der Waals surface area (Å²) in [5.74, 6) is 1.39. The molecule has 1 aliphatic heterocycles. The fourth-order valence-corrected chi connectivity index (χ4v) is 3.78. The average Bonchev–Trinajstić information content (AvgIpc) is 3.37. The van der Waals surface area contributed by atoms with E-state index in [1.165, 1.54) is 24.2 Å². The van der Waals surface area contributed by atoms with Crippen LogP contribution in [0.25, 0.3) is 10.8 Å². The molecular weight excluding hydrogens is 336 g/mol. The normalized spacial score (nSPS) is 14.0. The third-order valence-electron chi connectivity index (χ3n) is 4.18. The zero-order chi connectivity index (χ0) is 17.2. The second kappa shape index (κ2) is 6.68. The van der Waals surface area contributed by atoms with Gasteiger partial charge in [0.2, 0.25) is 0 Å². The first kappa shape index (κ1) is 15.8. The summed E-state index contributed by atoms with van der Waals surface area (Å²) in [5.41, 5.74) is 1.08. The van der Waals surface area contributed by atoms with Gasteiger partial charge in [-0.15, -0.1) is 11.3 Å². The first-order chi connectivity index (χ1) is 12.2. The van der Waals surface area contributed by atoms with Gasteiger partial charge < -0.3 is 14.6 Å². The molecule has 1 aliphatic rings. The third kappa shape index (κ3) is 3.28. The van der Waals surface area contributed by atoms with Crippen LogP contribution < -0.4 is 10.2 Å². The fourth-order valence-electron chi connectivity index (χ4n) is 2.90. The molecule has 1 N–H and O–H groups in total. The molecule has 1 fully saturated rings. The first-order valence-electron chi connectivity index (χ1n) is 8.24. The molecule has 1 amide bonds. The number of hydrogen-bond acceptors (Lipinski definition) is 6. The van der Waals surface area contributed by atoms with Crippen molar-refractivity contribution in [2.45, 2.75) is 19.8 Å². The largest absolute Gasteiger partial charge is 0.462 e. The molecule has 3 aromatic heterocycles. The quantitative estimate of drug-likeness (QED) is 0.768. The Morgan fingerprint density at radius 3 is 2.80 bits per heavy atom. The van der Waals surface area contributed by atoms with Crippen LogP contribution in [0.15, 0.2) is 41.1 Å². The van der Waals surface area contributed by atoms with Gasteiger partial charge in [-0.3, -0.25) is 4.79 Å². The van der Waals surface area contributed by atoms with E-state index in [0.29, 0.717) is 22.1 Å². The molecule has 1 saturated heterocycles. The molecule has 0 bridgehead atoms. The van der Waals surface area contributed by atoms with Crippen molar-refractivity contribution in [2.75, 3.05) is 23.3 Å². The van der Waals surface area contributed by atoms with Crippen LogP contribution in [0.1, 0.15) is 28.2 Å². The van der Waals surface area contributed by atoms with E-state index in [0.717, 1.165) is 23.8 Å². The highest BCUT2D eigenvalue weighted by molar-refractivity contribution is 7.15. The lowest BCUT2D eigenvalue weighted by Crippen LogP contribution is -2.19. The molecular formula is C18H18N4O2S. The number of carbonyl (C=O) groups excluding carboxylic acids is 1. The topological polar surface area (TPSA) is 71.3 Å². The summed E-state index contributed by atoms with van der Waals surface area (Å²) in [7, 11) is 0. The van der Waals surface area contributed by atoms with Crippen molar-refractivity contribution in [1.29, 1.82) is 0 Å². The van der Waals surface area contributed by atoms with Crippen LogP contribution in [0.4, 0.5) is 11.5 Å². The van der Waals surface area contributed by atoms with Crippen LogP contribution in [0.5, 0.6) is 0 Å². The monoisotopic (exact) mass is 354 g/mol. The van der Waals surface area contributed by atoms with Crippen LogP contribution in [0.2, 0.25) is 0 Å². The summed E-state index contributed by atoms with van der Waals surface area (Å²) in [4.78, 5) is 24.5. The summed E-state index contributed by atoms with van der Waals surface area (Å²) < 4.78 is 5.35. The van der Waals surface area contributed by atoms with E-state index < -0.39 is 0 Å². The highest BCUT2D eigenvalue weighted by Gasteiger charge is 2.18. The number of aromatic nitrogens is 2. The number of aryl methyl sites for hydroxylation is 1. The zero-order valence-electron chi connectivity index (χ0n) is 13.9. The molecule has 7 heteroatoms. The number of pyridine rings is 1. The number of carbonyl (C=O) groups is 1. The molecule has 0 saturated carbocycles. The van der Waals surface area contributed by atoms with Crippen molar-refractivity contribution >= 4 is 28.7 Å². The van der Waals surface area contributed by atoms with Gasteiger partial charge in [-0.05, 0) is 44.0 Å². The molecule has 4 heterocycles. The molecule has 0 spiro atoms. The second-order valence-corrected chi connectivity index (χ2v) is 7.16. The lowest BCUT2D eigenvalue weighted by Gasteiger charge is -2.16. The van der Waals surface area contributed by atoms with E-state index in [4.69, 9.17) is 4.42 Å². The zero-order valence-corrected chi connectivity index (χ0v) is 14.7. The van der Waals surface area contributed by atoms with Crippen LogP contribution in [-0.4, -0.2) is 29.0 Å². The smallest absolute Gasteiger partial charge is 0.275 e. The lowest BCUT2D eigenvalue weighted by molar-refractivity contribution is 0.102. The van der Waals surface area contributed by atoms with E-state index >= 15 is 0 Å². The Bertz CT molecular complexity index is 865. The van der Waals surface area contributed by atoms with Crippen LogP contribution in [0, 0.1) is 6.92 Å². The lowest BCUT2D eigenvalue weighted by atomic mass is 10.3.